The molecule has 2 aromatic carbocycles. The maximum absolute atomic E-state index is 6.33. The molecular formula is C25H35NO4. The van der Waals surface area contributed by atoms with E-state index in [-0.39, 0.29) is 12.2 Å². The predicted molar refractivity (Wildman–Crippen MR) is 120 cm³/mol. The van der Waals surface area contributed by atoms with Gasteiger partial charge in [0.1, 0.15) is 29.5 Å². The van der Waals surface area contributed by atoms with Gasteiger partial charge in [0.25, 0.3) is 0 Å². The van der Waals surface area contributed by atoms with Crippen molar-refractivity contribution in [3.8, 4) is 17.2 Å². The minimum Gasteiger partial charge on any atom is -0.488 e. The van der Waals surface area contributed by atoms with Crippen molar-refractivity contribution in [1.82, 2.24) is 4.90 Å². The van der Waals surface area contributed by atoms with E-state index in [4.69, 9.17) is 18.9 Å². The lowest BCUT2D eigenvalue weighted by molar-refractivity contribution is -0.0794. The number of rotatable bonds is 12. The van der Waals surface area contributed by atoms with E-state index in [1.165, 1.54) is 19.3 Å². The summed E-state index contributed by atoms with van der Waals surface area (Å²) in [6.07, 6.45) is 4.84. The van der Waals surface area contributed by atoms with Gasteiger partial charge in [-0.3, -0.25) is 0 Å². The maximum atomic E-state index is 6.33. The summed E-state index contributed by atoms with van der Waals surface area (Å²) in [6.45, 7) is 6.53. The van der Waals surface area contributed by atoms with Crippen LogP contribution in [0.25, 0.3) is 0 Å². The fourth-order valence-corrected chi connectivity index (χ4v) is 3.71. The number of methoxy groups -OCH3 is 1. The Morgan fingerprint density at radius 1 is 0.867 bits per heavy atom. The number of likely N-dealkylation sites (tertiary alicyclic amines) is 1. The van der Waals surface area contributed by atoms with Crippen molar-refractivity contribution in [2.45, 2.75) is 44.8 Å². The van der Waals surface area contributed by atoms with Crippen molar-refractivity contribution in [2.24, 2.45) is 0 Å². The van der Waals surface area contributed by atoms with E-state index in [0.717, 1.165) is 43.3 Å². The summed E-state index contributed by atoms with van der Waals surface area (Å²) in [4.78, 5) is 2.50. The molecule has 0 amide bonds. The van der Waals surface area contributed by atoms with Gasteiger partial charge in [0, 0.05) is 20.2 Å². The molecule has 0 unspecified atom stereocenters. The summed E-state index contributed by atoms with van der Waals surface area (Å²) in [5.41, 5.74) is 0. The van der Waals surface area contributed by atoms with E-state index < -0.39 is 0 Å². The molecule has 0 aromatic heterocycles. The molecule has 2 atom stereocenters. The van der Waals surface area contributed by atoms with Gasteiger partial charge in [-0.2, -0.15) is 0 Å². The van der Waals surface area contributed by atoms with Crippen molar-refractivity contribution >= 4 is 0 Å². The van der Waals surface area contributed by atoms with Crippen LogP contribution in [0.1, 0.15) is 32.6 Å². The smallest absolute Gasteiger partial charge is 0.127 e. The number of nitrogens with zero attached hydrogens (tertiary/aromatic N) is 1. The largest absolute Gasteiger partial charge is 0.488 e. The average molecular weight is 414 g/mol. The molecule has 164 valence electrons. The Bertz CT molecular complexity index is 707. The molecular weight excluding hydrogens is 378 g/mol. The minimum absolute atomic E-state index is 0.0465. The average Bonchev–Trinajstić information content (AvgIpc) is 2.78. The molecule has 0 radical (unpaired) electrons. The highest BCUT2D eigenvalue weighted by atomic mass is 16.6. The molecule has 1 fully saturated rings. The molecule has 1 heterocycles. The first-order valence-electron chi connectivity index (χ1n) is 11.1. The van der Waals surface area contributed by atoms with Gasteiger partial charge in [-0.05, 0) is 55.8 Å². The van der Waals surface area contributed by atoms with Crippen molar-refractivity contribution in [3.63, 3.8) is 0 Å². The Kier molecular flexibility index (Phi) is 9.48. The number of para-hydroxylation sites is 1. The summed E-state index contributed by atoms with van der Waals surface area (Å²) in [5.74, 6) is 2.47. The van der Waals surface area contributed by atoms with Crippen molar-refractivity contribution in [1.29, 1.82) is 0 Å². The molecule has 0 aliphatic carbocycles. The van der Waals surface area contributed by atoms with E-state index in [9.17, 15) is 0 Å². The molecule has 0 saturated carbocycles. The highest BCUT2D eigenvalue weighted by molar-refractivity contribution is 5.35. The first-order valence-corrected chi connectivity index (χ1v) is 11.1. The molecule has 5 heteroatoms. The zero-order valence-electron chi connectivity index (χ0n) is 18.3. The van der Waals surface area contributed by atoms with Gasteiger partial charge in [0.05, 0.1) is 13.2 Å². The van der Waals surface area contributed by atoms with Crippen LogP contribution in [0.3, 0.4) is 0 Å². The lowest BCUT2D eigenvalue weighted by Gasteiger charge is -2.38. The first-order chi connectivity index (χ1) is 14.8. The van der Waals surface area contributed by atoms with Crippen LogP contribution in [0, 0.1) is 0 Å². The van der Waals surface area contributed by atoms with Gasteiger partial charge in [0.15, 0.2) is 0 Å². The van der Waals surface area contributed by atoms with Gasteiger partial charge < -0.3 is 23.8 Å². The van der Waals surface area contributed by atoms with Crippen LogP contribution in [0.5, 0.6) is 17.2 Å². The van der Waals surface area contributed by atoms with E-state index in [1.54, 1.807) is 7.11 Å². The second kappa shape index (κ2) is 12.6. The molecule has 5 nitrogen and oxygen atoms in total. The lowest BCUT2D eigenvalue weighted by Crippen LogP contribution is -2.50. The van der Waals surface area contributed by atoms with Crippen LogP contribution in [-0.4, -0.2) is 57.1 Å². The van der Waals surface area contributed by atoms with Crippen LogP contribution in [0.15, 0.2) is 54.6 Å². The van der Waals surface area contributed by atoms with Crippen LogP contribution >= 0.6 is 0 Å². The standard InChI is InChI=1S/C25H35NO4/c1-3-4-8-16-26-17-15-24(25(20-26)28-19-18-27-2)30-23-13-11-22(12-14-23)29-21-9-6-5-7-10-21/h5-7,9-14,24-25H,3-4,8,15-20H2,1-2H3/t24-,25-/m1/s1. The topological polar surface area (TPSA) is 40.2 Å². The zero-order valence-corrected chi connectivity index (χ0v) is 18.3. The van der Waals surface area contributed by atoms with Crippen LogP contribution < -0.4 is 9.47 Å². The molecule has 1 saturated heterocycles. The Morgan fingerprint density at radius 3 is 2.33 bits per heavy atom. The number of ether oxygens (including phenoxy) is 4. The molecule has 2 aromatic rings. The van der Waals surface area contributed by atoms with Crippen molar-refractivity contribution in [2.75, 3.05) is 40.0 Å². The Morgan fingerprint density at radius 2 is 1.60 bits per heavy atom. The van der Waals surface area contributed by atoms with Gasteiger partial charge in [-0.25, -0.2) is 0 Å². The quantitative estimate of drug-likeness (QED) is 0.450. The van der Waals surface area contributed by atoms with Gasteiger partial charge in [-0.1, -0.05) is 38.0 Å². The third-order valence-electron chi connectivity index (χ3n) is 5.37. The molecule has 0 N–H and O–H groups in total. The fourth-order valence-electron chi connectivity index (χ4n) is 3.71. The zero-order chi connectivity index (χ0) is 21.0. The first kappa shape index (κ1) is 22.6. The Balaban J connectivity index is 1.55. The number of unbranched alkanes of at least 4 members (excludes halogenated alkanes) is 2. The van der Waals surface area contributed by atoms with Crippen LogP contribution in [0.2, 0.25) is 0 Å². The van der Waals surface area contributed by atoms with Gasteiger partial charge in [-0.15, -0.1) is 0 Å². The summed E-state index contributed by atoms with van der Waals surface area (Å²) in [5, 5.41) is 0. The minimum atomic E-state index is 0.0465. The van der Waals surface area contributed by atoms with E-state index in [2.05, 4.69) is 11.8 Å². The number of hydrogen-bond donors (Lipinski definition) is 0. The van der Waals surface area contributed by atoms with E-state index >= 15 is 0 Å². The summed E-state index contributed by atoms with van der Waals surface area (Å²) < 4.78 is 23.5. The van der Waals surface area contributed by atoms with Gasteiger partial charge >= 0.3 is 0 Å². The molecule has 0 bridgehead atoms. The van der Waals surface area contributed by atoms with Crippen LogP contribution in [0.4, 0.5) is 0 Å². The molecule has 1 aliphatic rings. The fraction of sp³-hybridized carbons (Fsp3) is 0.520. The highest BCUT2D eigenvalue weighted by Crippen LogP contribution is 2.26. The number of hydrogen-bond acceptors (Lipinski definition) is 5. The molecule has 30 heavy (non-hydrogen) atoms. The normalized spacial score (nSPS) is 19.5. The summed E-state index contributed by atoms with van der Waals surface area (Å²) in [6, 6.07) is 17.6. The third kappa shape index (κ3) is 7.31. The molecule has 3 rings (SSSR count). The SMILES string of the molecule is CCCCCN1CC[C@@H](Oc2ccc(Oc3ccccc3)cc2)[C@H](OCCOC)C1. The van der Waals surface area contributed by atoms with E-state index in [1.807, 2.05) is 54.6 Å². The molecule has 1 aliphatic heterocycles. The second-order valence-electron chi connectivity index (χ2n) is 7.74. The van der Waals surface area contributed by atoms with Crippen LogP contribution in [-0.2, 0) is 9.47 Å². The number of benzene rings is 2. The maximum Gasteiger partial charge on any atom is 0.127 e. The Labute approximate surface area is 180 Å². The van der Waals surface area contributed by atoms with Gasteiger partial charge in [0.2, 0.25) is 0 Å². The number of piperidine rings is 1. The lowest BCUT2D eigenvalue weighted by atomic mass is 10.0. The predicted octanol–water partition coefficient (Wildman–Crippen LogP) is 5.15. The Hall–Kier alpha value is -2.08. The monoisotopic (exact) mass is 413 g/mol. The second-order valence-corrected chi connectivity index (χ2v) is 7.74. The summed E-state index contributed by atoms with van der Waals surface area (Å²) >= 11 is 0. The highest BCUT2D eigenvalue weighted by Gasteiger charge is 2.31. The van der Waals surface area contributed by atoms with E-state index in [0.29, 0.717) is 13.2 Å². The van der Waals surface area contributed by atoms with Crippen molar-refractivity contribution in [3.05, 3.63) is 54.6 Å². The van der Waals surface area contributed by atoms with Crippen molar-refractivity contribution < 1.29 is 18.9 Å². The molecule has 0 spiro atoms. The third-order valence-corrected chi connectivity index (χ3v) is 5.37. The summed E-state index contributed by atoms with van der Waals surface area (Å²) in [7, 11) is 1.70.